The summed E-state index contributed by atoms with van der Waals surface area (Å²) in [7, 11) is -5.44. The van der Waals surface area contributed by atoms with Gasteiger partial charge in [-0.15, -0.1) is 0 Å². The number of hydrazone groups is 1. The first-order valence-corrected chi connectivity index (χ1v) is 12.1. The number of ether oxygens (including phenoxy) is 1. The largest absolute Gasteiger partial charge is 0.496 e. The third-order valence-corrected chi connectivity index (χ3v) is 5.85. The zero-order valence-electron chi connectivity index (χ0n) is 15.7. The lowest BCUT2D eigenvalue weighted by Crippen LogP contribution is -2.26. The van der Waals surface area contributed by atoms with Gasteiger partial charge < -0.3 is 4.74 Å². The van der Waals surface area contributed by atoms with E-state index >= 15 is 0 Å². The molecule has 2 aromatic rings. The third-order valence-electron chi connectivity index (χ3n) is 4.23. The second kappa shape index (κ2) is 7.44. The number of methoxy groups -OCH3 is 1. The summed E-state index contributed by atoms with van der Waals surface area (Å²) in [6.45, 7) is 0. The molecule has 28 heavy (non-hydrogen) atoms. The first-order chi connectivity index (χ1) is 13.1. The fourth-order valence-electron chi connectivity index (χ4n) is 3.09. The van der Waals surface area contributed by atoms with Crippen molar-refractivity contribution in [2.24, 2.45) is 5.10 Å². The smallest absolute Gasteiger partial charge is 0.247 e. The molecule has 1 heterocycles. The molecular formula is C18H21N3O5S2. The molecule has 10 heteroatoms. The fraction of sp³-hybridized carbons (Fsp3) is 0.278. The van der Waals surface area contributed by atoms with Crippen molar-refractivity contribution in [1.29, 1.82) is 0 Å². The highest BCUT2D eigenvalue weighted by molar-refractivity contribution is 7.92. The minimum absolute atomic E-state index is 0.367. The second-order valence-electron chi connectivity index (χ2n) is 6.50. The van der Waals surface area contributed by atoms with Gasteiger partial charge >= 0.3 is 0 Å². The van der Waals surface area contributed by atoms with Crippen molar-refractivity contribution in [2.75, 3.05) is 24.3 Å². The highest BCUT2D eigenvalue weighted by Gasteiger charge is 2.36. The molecule has 0 fully saturated rings. The number of hydrogen-bond acceptors (Lipinski definition) is 6. The van der Waals surface area contributed by atoms with Gasteiger partial charge in [-0.2, -0.15) is 9.52 Å². The van der Waals surface area contributed by atoms with Crippen molar-refractivity contribution < 1.29 is 21.6 Å². The molecule has 0 aromatic heterocycles. The first-order valence-electron chi connectivity index (χ1n) is 8.36. The SMILES string of the molecule is COc1ccccc1[C@H]1CC(c2ccc(NS(C)(=O)=O)cc2)=NN1S(C)(=O)=O. The van der Waals surface area contributed by atoms with Crippen LogP contribution in [0.15, 0.2) is 53.6 Å². The summed E-state index contributed by atoms with van der Waals surface area (Å²) in [5.41, 5.74) is 2.45. The highest BCUT2D eigenvalue weighted by Crippen LogP contribution is 2.38. The fourth-order valence-corrected chi connectivity index (χ4v) is 4.55. The van der Waals surface area contributed by atoms with Gasteiger partial charge in [-0.25, -0.2) is 16.8 Å². The van der Waals surface area contributed by atoms with Crippen molar-refractivity contribution in [2.45, 2.75) is 12.5 Å². The van der Waals surface area contributed by atoms with Crippen LogP contribution < -0.4 is 9.46 Å². The topological polar surface area (TPSA) is 105 Å². The van der Waals surface area contributed by atoms with E-state index in [1.807, 2.05) is 18.2 Å². The van der Waals surface area contributed by atoms with Crippen molar-refractivity contribution in [3.63, 3.8) is 0 Å². The summed E-state index contributed by atoms with van der Waals surface area (Å²) in [4.78, 5) is 0. The van der Waals surface area contributed by atoms with Gasteiger partial charge in [0.15, 0.2) is 0 Å². The molecule has 8 nitrogen and oxygen atoms in total. The summed E-state index contributed by atoms with van der Waals surface area (Å²) in [6, 6.07) is 13.3. The molecule has 3 rings (SSSR count). The van der Waals surface area contributed by atoms with E-state index in [1.54, 1.807) is 30.3 Å². The number of anilines is 1. The molecule has 0 spiro atoms. The van der Waals surface area contributed by atoms with Gasteiger partial charge in [0.25, 0.3) is 0 Å². The van der Waals surface area contributed by atoms with Crippen LogP contribution in [0.25, 0.3) is 0 Å². The zero-order chi connectivity index (χ0) is 20.5. The lowest BCUT2D eigenvalue weighted by Gasteiger charge is -2.23. The average Bonchev–Trinajstić information content (AvgIpc) is 3.06. The molecule has 1 aliphatic rings. The number of para-hydroxylation sites is 1. The second-order valence-corrected chi connectivity index (χ2v) is 10.1. The van der Waals surface area contributed by atoms with E-state index in [0.717, 1.165) is 22.5 Å². The number of rotatable bonds is 6. The van der Waals surface area contributed by atoms with Gasteiger partial charge in [-0.1, -0.05) is 30.3 Å². The van der Waals surface area contributed by atoms with E-state index in [9.17, 15) is 16.8 Å². The normalized spacial score (nSPS) is 17.3. The van der Waals surface area contributed by atoms with Crippen molar-refractivity contribution in [1.82, 2.24) is 4.41 Å². The maximum Gasteiger partial charge on any atom is 0.247 e. The van der Waals surface area contributed by atoms with Crippen LogP contribution in [0.5, 0.6) is 5.75 Å². The predicted octanol–water partition coefficient (Wildman–Crippen LogP) is 2.18. The number of hydrogen-bond donors (Lipinski definition) is 1. The van der Waals surface area contributed by atoms with Crippen molar-refractivity contribution in [3.05, 3.63) is 59.7 Å². The van der Waals surface area contributed by atoms with Gasteiger partial charge in [0.2, 0.25) is 20.0 Å². The molecule has 0 saturated carbocycles. The lowest BCUT2D eigenvalue weighted by molar-refractivity contribution is 0.352. The van der Waals surface area contributed by atoms with Gasteiger partial charge in [-0.05, 0) is 23.8 Å². The Labute approximate surface area is 164 Å². The van der Waals surface area contributed by atoms with Crippen molar-refractivity contribution >= 4 is 31.4 Å². The Morgan fingerprint density at radius 3 is 2.25 bits per heavy atom. The van der Waals surface area contributed by atoms with E-state index in [2.05, 4.69) is 9.82 Å². The Morgan fingerprint density at radius 1 is 1.04 bits per heavy atom. The average molecular weight is 424 g/mol. The van der Waals surface area contributed by atoms with Crippen LogP contribution in [0, 0.1) is 0 Å². The van der Waals surface area contributed by atoms with Crippen LogP contribution in [0.3, 0.4) is 0 Å². The Kier molecular flexibility index (Phi) is 5.35. The van der Waals surface area contributed by atoms with E-state index in [0.29, 0.717) is 29.1 Å². The highest BCUT2D eigenvalue weighted by atomic mass is 32.2. The van der Waals surface area contributed by atoms with Gasteiger partial charge in [0.1, 0.15) is 5.75 Å². The van der Waals surface area contributed by atoms with Crippen LogP contribution in [0.2, 0.25) is 0 Å². The molecule has 0 aliphatic carbocycles. The molecular weight excluding hydrogens is 402 g/mol. The van der Waals surface area contributed by atoms with E-state index in [1.165, 1.54) is 7.11 Å². The first kappa shape index (κ1) is 20.2. The number of nitrogens with zero attached hydrogens (tertiary/aromatic N) is 2. The number of nitrogens with one attached hydrogen (secondary N) is 1. The van der Waals surface area contributed by atoms with E-state index in [4.69, 9.17) is 4.74 Å². The minimum atomic E-state index is -3.60. The summed E-state index contributed by atoms with van der Waals surface area (Å²) >= 11 is 0. The molecule has 0 radical (unpaired) electrons. The molecule has 2 aromatic carbocycles. The minimum Gasteiger partial charge on any atom is -0.496 e. The molecule has 0 amide bonds. The zero-order valence-corrected chi connectivity index (χ0v) is 17.3. The molecule has 0 unspecified atom stereocenters. The Morgan fingerprint density at radius 2 is 1.68 bits per heavy atom. The standard InChI is InChI=1S/C18H21N3O5S2/c1-26-18-7-5-4-6-15(18)17-12-16(19-21(17)28(3,24)25)13-8-10-14(11-9-13)20-27(2,22)23/h4-11,17,20H,12H2,1-3H3/t17-/m1/s1. The Hall–Kier alpha value is -2.59. The Balaban J connectivity index is 1.95. The quantitative estimate of drug-likeness (QED) is 0.767. The van der Waals surface area contributed by atoms with Gasteiger partial charge in [0.05, 0.1) is 31.4 Å². The Bertz CT molecular complexity index is 1110. The maximum absolute atomic E-state index is 12.3. The number of benzene rings is 2. The summed E-state index contributed by atoms with van der Waals surface area (Å²) in [5.74, 6) is 0.588. The summed E-state index contributed by atoms with van der Waals surface area (Å²) in [5, 5.41) is 4.33. The summed E-state index contributed by atoms with van der Waals surface area (Å²) < 4.78 is 56.2. The van der Waals surface area contributed by atoms with Gasteiger partial charge in [-0.3, -0.25) is 4.72 Å². The van der Waals surface area contributed by atoms with Crippen LogP contribution in [-0.2, 0) is 20.0 Å². The van der Waals surface area contributed by atoms with E-state index in [-0.39, 0.29) is 0 Å². The third kappa shape index (κ3) is 4.45. The van der Waals surface area contributed by atoms with Crippen LogP contribution in [0.1, 0.15) is 23.6 Å². The van der Waals surface area contributed by atoms with E-state index < -0.39 is 26.1 Å². The van der Waals surface area contributed by atoms with Crippen molar-refractivity contribution in [3.8, 4) is 5.75 Å². The summed E-state index contributed by atoms with van der Waals surface area (Å²) in [6.07, 6.45) is 2.55. The van der Waals surface area contributed by atoms with Crippen LogP contribution >= 0.6 is 0 Å². The monoisotopic (exact) mass is 423 g/mol. The van der Waals surface area contributed by atoms with Crippen LogP contribution in [0.4, 0.5) is 5.69 Å². The molecule has 1 N–H and O–H groups in total. The molecule has 0 bridgehead atoms. The lowest BCUT2D eigenvalue weighted by atomic mass is 9.98. The molecule has 1 atom stereocenters. The van der Waals surface area contributed by atoms with Crippen LogP contribution in [-0.4, -0.2) is 46.6 Å². The molecule has 150 valence electrons. The molecule has 1 aliphatic heterocycles. The maximum atomic E-state index is 12.3. The molecule has 0 saturated heterocycles. The van der Waals surface area contributed by atoms with Gasteiger partial charge in [0, 0.05) is 17.7 Å². The number of sulfonamides is 2. The predicted molar refractivity (Wildman–Crippen MR) is 108 cm³/mol.